The van der Waals surface area contributed by atoms with Gasteiger partial charge in [0.25, 0.3) is 0 Å². The van der Waals surface area contributed by atoms with Crippen LogP contribution < -0.4 is 0 Å². The fraction of sp³-hybridized carbons (Fsp3) is 0.182. The highest BCUT2D eigenvalue weighted by Gasteiger charge is 2.08. The predicted octanol–water partition coefficient (Wildman–Crippen LogP) is 5.87. The van der Waals surface area contributed by atoms with Gasteiger partial charge in [-0.2, -0.15) is 0 Å². The fourth-order valence-electron chi connectivity index (χ4n) is 2.98. The Bertz CT molecular complexity index is 782. The second-order valence-corrected chi connectivity index (χ2v) is 5.99. The van der Waals surface area contributed by atoms with E-state index >= 15 is 0 Å². The number of rotatable bonds is 3. The molecule has 3 aromatic carbocycles. The molecule has 22 heavy (non-hydrogen) atoms. The minimum absolute atomic E-state index is 0.984. The van der Waals surface area contributed by atoms with Gasteiger partial charge in [-0.05, 0) is 66.1 Å². The first kappa shape index (κ1) is 14.6. The first-order chi connectivity index (χ1) is 10.7. The Morgan fingerprint density at radius 3 is 2.05 bits per heavy atom. The summed E-state index contributed by atoms with van der Waals surface area (Å²) < 4.78 is 0. The number of aryl methyl sites for hydroxylation is 1. The van der Waals surface area contributed by atoms with E-state index in [1.807, 2.05) is 0 Å². The number of hydrogen-bond acceptors (Lipinski definition) is 0. The van der Waals surface area contributed by atoms with Crippen molar-refractivity contribution in [3.63, 3.8) is 0 Å². The van der Waals surface area contributed by atoms with Crippen LogP contribution >= 0.6 is 0 Å². The van der Waals surface area contributed by atoms with E-state index in [1.165, 1.54) is 38.9 Å². The van der Waals surface area contributed by atoms with E-state index in [0.29, 0.717) is 0 Å². The van der Waals surface area contributed by atoms with Crippen LogP contribution in [-0.2, 0) is 6.42 Å². The molecule has 0 N–H and O–H groups in total. The SMILES string of the molecule is Cc1ccc(Cc2ccccc2-c2ccccc2)c(C)c1C. The van der Waals surface area contributed by atoms with Crippen molar-refractivity contribution in [2.75, 3.05) is 0 Å². The minimum Gasteiger partial charge on any atom is -0.0622 e. The molecule has 0 aliphatic rings. The van der Waals surface area contributed by atoms with E-state index in [2.05, 4.69) is 87.5 Å². The maximum Gasteiger partial charge on any atom is -0.00169 e. The van der Waals surface area contributed by atoms with Gasteiger partial charge in [0.1, 0.15) is 0 Å². The summed E-state index contributed by atoms with van der Waals surface area (Å²) in [5.41, 5.74) is 9.64. The van der Waals surface area contributed by atoms with Gasteiger partial charge >= 0.3 is 0 Å². The molecule has 0 aliphatic carbocycles. The molecular formula is C22H22. The van der Waals surface area contributed by atoms with E-state index in [9.17, 15) is 0 Å². The van der Waals surface area contributed by atoms with Crippen molar-refractivity contribution < 1.29 is 0 Å². The van der Waals surface area contributed by atoms with Gasteiger partial charge in [0.2, 0.25) is 0 Å². The Morgan fingerprint density at radius 1 is 0.591 bits per heavy atom. The first-order valence-corrected chi connectivity index (χ1v) is 7.86. The second-order valence-electron chi connectivity index (χ2n) is 5.99. The second kappa shape index (κ2) is 6.19. The molecule has 0 aliphatic heterocycles. The van der Waals surface area contributed by atoms with E-state index in [0.717, 1.165) is 6.42 Å². The normalized spacial score (nSPS) is 10.7. The van der Waals surface area contributed by atoms with Crippen LogP contribution in [0.4, 0.5) is 0 Å². The highest BCUT2D eigenvalue weighted by molar-refractivity contribution is 5.68. The molecule has 0 saturated carbocycles. The third-order valence-corrected chi connectivity index (χ3v) is 4.65. The molecule has 0 radical (unpaired) electrons. The Labute approximate surface area is 133 Å². The van der Waals surface area contributed by atoms with Crippen LogP contribution in [0.5, 0.6) is 0 Å². The highest BCUT2D eigenvalue weighted by atomic mass is 14.1. The Hall–Kier alpha value is -2.34. The van der Waals surface area contributed by atoms with Crippen molar-refractivity contribution in [1.82, 2.24) is 0 Å². The molecule has 0 aromatic heterocycles. The quantitative estimate of drug-likeness (QED) is 0.565. The Balaban J connectivity index is 2.03. The molecule has 0 spiro atoms. The summed E-state index contributed by atoms with van der Waals surface area (Å²) in [5, 5.41) is 0. The van der Waals surface area contributed by atoms with E-state index < -0.39 is 0 Å². The summed E-state index contributed by atoms with van der Waals surface area (Å²) >= 11 is 0. The van der Waals surface area contributed by atoms with Gasteiger partial charge in [0.05, 0.1) is 0 Å². The first-order valence-electron chi connectivity index (χ1n) is 7.86. The molecule has 0 bridgehead atoms. The molecule has 3 aromatic rings. The van der Waals surface area contributed by atoms with E-state index in [-0.39, 0.29) is 0 Å². The standard InChI is InChI=1S/C22H22/c1-16-13-14-20(18(3)17(16)2)15-21-11-7-8-12-22(21)19-9-5-4-6-10-19/h4-14H,15H2,1-3H3. The maximum absolute atomic E-state index is 2.28. The molecule has 0 heterocycles. The summed E-state index contributed by atoms with van der Waals surface area (Å²) in [7, 11) is 0. The lowest BCUT2D eigenvalue weighted by atomic mass is 9.91. The van der Waals surface area contributed by atoms with Crippen LogP contribution in [-0.4, -0.2) is 0 Å². The highest BCUT2D eigenvalue weighted by Crippen LogP contribution is 2.27. The van der Waals surface area contributed by atoms with Crippen LogP contribution in [0.1, 0.15) is 27.8 Å². The number of benzene rings is 3. The van der Waals surface area contributed by atoms with Crippen molar-refractivity contribution >= 4 is 0 Å². The minimum atomic E-state index is 0.984. The zero-order chi connectivity index (χ0) is 15.5. The molecule has 0 fully saturated rings. The van der Waals surface area contributed by atoms with Crippen molar-refractivity contribution in [3.8, 4) is 11.1 Å². The third kappa shape index (κ3) is 2.82. The van der Waals surface area contributed by atoms with Crippen LogP contribution in [0.25, 0.3) is 11.1 Å². The molecule has 0 saturated heterocycles. The van der Waals surface area contributed by atoms with Crippen LogP contribution in [0.2, 0.25) is 0 Å². The summed E-state index contributed by atoms with van der Waals surface area (Å²) in [6, 6.07) is 23.9. The molecule has 0 unspecified atom stereocenters. The van der Waals surface area contributed by atoms with Crippen molar-refractivity contribution in [1.29, 1.82) is 0 Å². The molecule has 0 heteroatoms. The van der Waals surface area contributed by atoms with Gasteiger partial charge in [-0.25, -0.2) is 0 Å². The fourth-order valence-corrected chi connectivity index (χ4v) is 2.98. The van der Waals surface area contributed by atoms with E-state index in [4.69, 9.17) is 0 Å². The summed E-state index contributed by atoms with van der Waals surface area (Å²) in [6.45, 7) is 6.64. The van der Waals surface area contributed by atoms with Crippen molar-refractivity contribution in [2.45, 2.75) is 27.2 Å². The lowest BCUT2D eigenvalue weighted by Crippen LogP contribution is -1.98. The predicted molar refractivity (Wildman–Crippen MR) is 95.3 cm³/mol. The van der Waals surface area contributed by atoms with Crippen LogP contribution in [0, 0.1) is 20.8 Å². The van der Waals surface area contributed by atoms with Gasteiger partial charge in [0.15, 0.2) is 0 Å². The number of hydrogen-bond donors (Lipinski definition) is 0. The molecular weight excluding hydrogens is 264 g/mol. The summed E-state index contributed by atoms with van der Waals surface area (Å²) in [4.78, 5) is 0. The third-order valence-electron chi connectivity index (χ3n) is 4.65. The summed E-state index contributed by atoms with van der Waals surface area (Å²) in [6.07, 6.45) is 0.984. The lowest BCUT2D eigenvalue weighted by Gasteiger charge is -2.14. The monoisotopic (exact) mass is 286 g/mol. The van der Waals surface area contributed by atoms with E-state index in [1.54, 1.807) is 0 Å². The average Bonchev–Trinajstić information content (AvgIpc) is 2.57. The zero-order valence-electron chi connectivity index (χ0n) is 13.6. The maximum atomic E-state index is 2.28. The zero-order valence-corrected chi connectivity index (χ0v) is 13.6. The van der Waals surface area contributed by atoms with Gasteiger partial charge in [-0.15, -0.1) is 0 Å². The molecule has 0 amide bonds. The van der Waals surface area contributed by atoms with Gasteiger partial charge in [-0.1, -0.05) is 66.7 Å². The molecule has 0 atom stereocenters. The largest absolute Gasteiger partial charge is 0.0622 e. The van der Waals surface area contributed by atoms with Crippen molar-refractivity contribution in [3.05, 3.63) is 94.5 Å². The lowest BCUT2D eigenvalue weighted by molar-refractivity contribution is 1.12. The van der Waals surface area contributed by atoms with Crippen LogP contribution in [0.15, 0.2) is 66.7 Å². The molecule has 3 rings (SSSR count). The van der Waals surface area contributed by atoms with Crippen molar-refractivity contribution in [2.24, 2.45) is 0 Å². The Morgan fingerprint density at radius 2 is 1.27 bits per heavy atom. The van der Waals surface area contributed by atoms with Gasteiger partial charge in [0, 0.05) is 0 Å². The topological polar surface area (TPSA) is 0 Å². The molecule has 110 valence electrons. The van der Waals surface area contributed by atoms with Gasteiger partial charge < -0.3 is 0 Å². The smallest absolute Gasteiger partial charge is 0.00169 e. The van der Waals surface area contributed by atoms with Gasteiger partial charge in [-0.3, -0.25) is 0 Å². The Kier molecular flexibility index (Phi) is 4.11. The molecule has 0 nitrogen and oxygen atoms in total. The summed E-state index contributed by atoms with van der Waals surface area (Å²) in [5.74, 6) is 0. The average molecular weight is 286 g/mol. The van der Waals surface area contributed by atoms with Crippen LogP contribution in [0.3, 0.4) is 0 Å².